The van der Waals surface area contributed by atoms with Gasteiger partial charge in [0, 0.05) is 16.5 Å². The summed E-state index contributed by atoms with van der Waals surface area (Å²) in [5.74, 6) is 0. The van der Waals surface area contributed by atoms with Crippen molar-refractivity contribution in [2.45, 2.75) is 0 Å². The van der Waals surface area contributed by atoms with Crippen LogP contribution >= 0.6 is 0 Å². The first-order valence-electron chi connectivity index (χ1n) is 20.1. The van der Waals surface area contributed by atoms with Gasteiger partial charge in [-0.1, -0.05) is 164 Å². The lowest BCUT2D eigenvalue weighted by atomic mass is 9.94. The van der Waals surface area contributed by atoms with E-state index in [0.29, 0.717) is 5.39 Å². The van der Waals surface area contributed by atoms with E-state index in [1.54, 1.807) is 0 Å². The number of rotatable bonds is 5. The summed E-state index contributed by atoms with van der Waals surface area (Å²) in [5, 5.41) is 2.70. The predicted octanol–water partition coefficient (Wildman–Crippen LogP) is 13.6. The molecule has 9 aromatic carbocycles. The van der Waals surface area contributed by atoms with Gasteiger partial charge >= 0.3 is 0 Å². The lowest BCUT2D eigenvalue weighted by Crippen LogP contribution is -2.21. The summed E-state index contributed by atoms with van der Waals surface area (Å²) in [6.45, 7) is 0. The van der Waals surface area contributed by atoms with E-state index in [2.05, 4.69) is 197 Å². The van der Waals surface area contributed by atoms with Crippen LogP contribution in [-0.4, -0.2) is 13.5 Å². The molecule has 0 fully saturated rings. The Labute approximate surface area is 340 Å². The number of hydrogen-bond acceptors (Lipinski definition) is 1. The largest absolute Gasteiger partial charge is 0.306 e. The van der Waals surface area contributed by atoms with Crippen LogP contribution in [0.25, 0.3) is 105 Å². The lowest BCUT2D eigenvalue weighted by molar-refractivity contribution is 1.04. The Bertz CT molecular complexity index is 3580. The Balaban J connectivity index is 1.33. The van der Waals surface area contributed by atoms with Crippen LogP contribution in [0.2, 0.25) is 0 Å². The molecule has 0 aliphatic carbocycles. The van der Waals surface area contributed by atoms with Crippen molar-refractivity contribution >= 4 is 49.3 Å². The fraction of sp³-hybridized carbons (Fsp3) is 0. The number of fused-ring (bicyclic) bond motifs is 6. The Kier molecular flexibility index (Phi) is 7.35. The molecular weight excluding hydrogens is 719 g/mol. The molecule has 0 bridgehead atoms. The molecular formula is C55H35N3O. The SMILES string of the molecule is O=c1c2ccccc2c2c(-c3ccccc3)ccc3c2n1c1cc(-c2ccccc2)cc2c1-n3c1cc(-c3ccccc3)ccc1n2-c1ccc(-c2ccccc2)cc1. The van der Waals surface area contributed by atoms with Gasteiger partial charge in [0.05, 0.1) is 38.8 Å². The highest BCUT2D eigenvalue weighted by molar-refractivity contribution is 6.19. The van der Waals surface area contributed by atoms with E-state index < -0.39 is 0 Å². The Hall–Kier alpha value is -7.95. The average molecular weight is 754 g/mol. The zero-order chi connectivity index (χ0) is 39.0. The molecule has 10 aromatic rings. The predicted molar refractivity (Wildman–Crippen MR) is 245 cm³/mol. The third-order valence-electron chi connectivity index (χ3n) is 12.0. The van der Waals surface area contributed by atoms with Crippen molar-refractivity contribution in [2.24, 2.45) is 0 Å². The molecule has 0 atom stereocenters. The van der Waals surface area contributed by atoms with Crippen molar-refractivity contribution in [3.8, 4) is 55.9 Å². The van der Waals surface area contributed by atoms with Crippen molar-refractivity contribution in [1.29, 1.82) is 0 Å². The Morgan fingerprint density at radius 3 is 1.47 bits per heavy atom. The van der Waals surface area contributed by atoms with E-state index in [1.807, 2.05) is 28.7 Å². The molecule has 0 N–H and O–H groups in total. The molecule has 0 saturated heterocycles. The first-order valence-corrected chi connectivity index (χ1v) is 20.1. The van der Waals surface area contributed by atoms with Crippen LogP contribution in [0.15, 0.2) is 217 Å². The highest BCUT2D eigenvalue weighted by Crippen LogP contribution is 2.44. The summed E-state index contributed by atoms with van der Waals surface area (Å²) in [7, 11) is 0. The molecule has 1 aromatic heterocycles. The highest BCUT2D eigenvalue weighted by atomic mass is 16.1. The zero-order valence-electron chi connectivity index (χ0n) is 32.0. The van der Waals surface area contributed by atoms with Crippen LogP contribution in [0.4, 0.5) is 0 Å². The molecule has 0 radical (unpaired) electrons. The number of hydrogen-bond donors (Lipinski definition) is 0. The van der Waals surface area contributed by atoms with Gasteiger partial charge in [0.2, 0.25) is 0 Å². The Morgan fingerprint density at radius 1 is 0.322 bits per heavy atom. The van der Waals surface area contributed by atoms with Crippen LogP contribution in [0.1, 0.15) is 0 Å². The fourth-order valence-electron chi connectivity index (χ4n) is 9.34. The molecule has 12 rings (SSSR count). The summed E-state index contributed by atoms with van der Waals surface area (Å²) in [5.41, 5.74) is 16.7. The first kappa shape index (κ1) is 33.2. The Morgan fingerprint density at radius 2 is 0.814 bits per heavy atom. The fourth-order valence-corrected chi connectivity index (χ4v) is 9.34. The van der Waals surface area contributed by atoms with E-state index in [9.17, 15) is 0 Å². The normalized spacial score (nSPS) is 11.8. The molecule has 4 nitrogen and oxygen atoms in total. The monoisotopic (exact) mass is 753 g/mol. The van der Waals surface area contributed by atoms with Crippen LogP contribution < -0.4 is 5.56 Å². The molecule has 0 unspecified atom stereocenters. The molecule has 2 aliphatic heterocycles. The van der Waals surface area contributed by atoms with E-state index in [0.717, 1.165) is 94.2 Å². The van der Waals surface area contributed by atoms with Gasteiger partial charge in [0.1, 0.15) is 0 Å². The molecule has 276 valence electrons. The molecule has 4 heteroatoms. The standard InChI is InChI=1S/C55H35N3O/c59-55-46-24-14-13-23-45(46)52-44(40-21-11-4-12-22-40)30-32-48-54(52)58(55)51-35-42(38-19-9-3-10-20-38)34-50-53(51)57(48)49-33-41(37-17-7-2-8-18-37)27-31-47(49)56(50)43-28-25-39(26-29-43)36-15-5-1-6-16-36/h1-35H. The van der Waals surface area contributed by atoms with Crippen LogP contribution in [-0.2, 0) is 0 Å². The third kappa shape index (κ3) is 5.06. The van der Waals surface area contributed by atoms with Gasteiger partial charge in [-0.25, -0.2) is 0 Å². The van der Waals surface area contributed by atoms with Gasteiger partial charge in [0.25, 0.3) is 5.56 Å². The highest BCUT2D eigenvalue weighted by Gasteiger charge is 2.27. The van der Waals surface area contributed by atoms with Crippen molar-refractivity contribution in [1.82, 2.24) is 13.5 Å². The second kappa shape index (κ2) is 13.1. The number of pyridine rings is 1. The smallest absolute Gasteiger partial charge is 0.263 e. The van der Waals surface area contributed by atoms with E-state index in [1.165, 1.54) is 5.56 Å². The summed E-state index contributed by atoms with van der Waals surface area (Å²) < 4.78 is 6.80. The maximum Gasteiger partial charge on any atom is 0.263 e. The quantitative estimate of drug-likeness (QED) is 0.127. The van der Waals surface area contributed by atoms with Gasteiger partial charge in [-0.3, -0.25) is 9.20 Å². The molecule has 0 spiro atoms. The number of benzene rings is 9. The van der Waals surface area contributed by atoms with Crippen molar-refractivity contribution in [2.75, 3.05) is 0 Å². The molecule has 3 heterocycles. The van der Waals surface area contributed by atoms with Gasteiger partial charge in [-0.05, 0) is 98.4 Å². The minimum absolute atomic E-state index is 0.0331. The maximum absolute atomic E-state index is 15.3. The second-order valence-corrected chi connectivity index (χ2v) is 15.3. The second-order valence-electron chi connectivity index (χ2n) is 15.3. The molecule has 59 heavy (non-hydrogen) atoms. The van der Waals surface area contributed by atoms with Crippen LogP contribution in [0.5, 0.6) is 0 Å². The van der Waals surface area contributed by atoms with Crippen molar-refractivity contribution < 1.29 is 0 Å². The van der Waals surface area contributed by atoms with Crippen molar-refractivity contribution in [3.05, 3.63) is 223 Å². The van der Waals surface area contributed by atoms with Crippen LogP contribution in [0, 0.1) is 0 Å². The molecule has 0 amide bonds. The van der Waals surface area contributed by atoms with Crippen LogP contribution in [0.3, 0.4) is 0 Å². The van der Waals surface area contributed by atoms with Gasteiger partial charge in [0.15, 0.2) is 0 Å². The molecule has 2 aliphatic rings. The molecule has 0 saturated carbocycles. The van der Waals surface area contributed by atoms with Gasteiger partial charge in [-0.15, -0.1) is 0 Å². The lowest BCUT2D eigenvalue weighted by Gasteiger charge is -2.29. The van der Waals surface area contributed by atoms with E-state index >= 15 is 4.79 Å². The minimum atomic E-state index is -0.0331. The third-order valence-corrected chi connectivity index (χ3v) is 12.0. The maximum atomic E-state index is 15.3. The van der Waals surface area contributed by atoms with E-state index in [-0.39, 0.29) is 5.56 Å². The zero-order valence-corrected chi connectivity index (χ0v) is 32.0. The average Bonchev–Trinajstić information content (AvgIpc) is 3.31. The first-order chi connectivity index (χ1) is 29.2. The summed E-state index contributed by atoms with van der Waals surface area (Å²) in [6, 6.07) is 74.9. The minimum Gasteiger partial charge on any atom is -0.306 e. The summed E-state index contributed by atoms with van der Waals surface area (Å²) in [4.78, 5) is 15.3. The summed E-state index contributed by atoms with van der Waals surface area (Å²) >= 11 is 0. The van der Waals surface area contributed by atoms with Crippen molar-refractivity contribution in [3.63, 3.8) is 0 Å². The van der Waals surface area contributed by atoms with E-state index in [4.69, 9.17) is 0 Å². The van der Waals surface area contributed by atoms with Gasteiger partial charge < -0.3 is 9.13 Å². The number of aromatic nitrogens is 3. The topological polar surface area (TPSA) is 31.3 Å². The summed E-state index contributed by atoms with van der Waals surface area (Å²) in [6.07, 6.45) is 0. The van der Waals surface area contributed by atoms with Gasteiger partial charge in [-0.2, -0.15) is 0 Å². The number of nitrogens with zero attached hydrogens (tertiary/aromatic N) is 3.